The quantitative estimate of drug-likeness (QED) is 0.458. The van der Waals surface area contributed by atoms with Crippen molar-refractivity contribution >= 4 is 27.5 Å². The Bertz CT molecular complexity index is 1140. The van der Waals surface area contributed by atoms with Crippen LogP contribution < -0.4 is 9.62 Å². The first kappa shape index (κ1) is 28.7. The van der Waals surface area contributed by atoms with E-state index < -0.39 is 16.1 Å². The molecule has 7 nitrogen and oxygen atoms in total. The number of carbonyl (C=O) groups is 2. The van der Waals surface area contributed by atoms with Gasteiger partial charge in [0.15, 0.2) is 0 Å². The van der Waals surface area contributed by atoms with E-state index in [2.05, 4.69) is 5.32 Å². The summed E-state index contributed by atoms with van der Waals surface area (Å²) < 4.78 is 26.3. The Balaban J connectivity index is 1.70. The Kier molecular flexibility index (Phi) is 10.1. The fourth-order valence-electron chi connectivity index (χ4n) is 4.76. The Morgan fingerprint density at radius 3 is 2.08 bits per heavy atom. The number of amides is 2. The SMILES string of the molecule is Cc1ccc(CN(C(=O)CCCN(c2ccc(C)cc2)S(C)(=O)=O)[C@@H](C)C(=O)NC2CCCCC2)cc1. The molecular formula is C29H41N3O4S. The summed E-state index contributed by atoms with van der Waals surface area (Å²) in [6.07, 6.45) is 7.05. The third-order valence-corrected chi connectivity index (χ3v) is 8.26. The molecule has 202 valence electrons. The average Bonchev–Trinajstić information content (AvgIpc) is 2.86. The van der Waals surface area contributed by atoms with Crippen molar-refractivity contribution in [3.8, 4) is 0 Å². The van der Waals surface area contributed by atoms with Crippen molar-refractivity contribution in [2.75, 3.05) is 17.1 Å². The van der Waals surface area contributed by atoms with E-state index in [-0.39, 0.29) is 30.8 Å². The summed E-state index contributed by atoms with van der Waals surface area (Å²) in [7, 11) is -3.50. The minimum Gasteiger partial charge on any atom is -0.352 e. The fraction of sp³-hybridized carbons (Fsp3) is 0.517. The van der Waals surface area contributed by atoms with Crippen molar-refractivity contribution < 1.29 is 18.0 Å². The largest absolute Gasteiger partial charge is 0.352 e. The number of benzene rings is 2. The van der Waals surface area contributed by atoms with Crippen molar-refractivity contribution in [3.63, 3.8) is 0 Å². The average molecular weight is 528 g/mol. The maximum Gasteiger partial charge on any atom is 0.242 e. The zero-order valence-corrected chi connectivity index (χ0v) is 23.4. The molecule has 0 saturated heterocycles. The monoisotopic (exact) mass is 527 g/mol. The molecule has 2 aromatic rings. The number of anilines is 1. The normalized spacial score (nSPS) is 15.1. The molecular weight excluding hydrogens is 486 g/mol. The van der Waals surface area contributed by atoms with Gasteiger partial charge in [-0.3, -0.25) is 13.9 Å². The van der Waals surface area contributed by atoms with Crippen LogP contribution in [0.2, 0.25) is 0 Å². The molecule has 2 aromatic carbocycles. The molecule has 37 heavy (non-hydrogen) atoms. The van der Waals surface area contributed by atoms with E-state index in [0.717, 1.165) is 42.4 Å². The first-order valence-electron chi connectivity index (χ1n) is 13.2. The number of hydrogen-bond donors (Lipinski definition) is 1. The molecule has 1 saturated carbocycles. The highest BCUT2D eigenvalue weighted by molar-refractivity contribution is 7.92. The van der Waals surface area contributed by atoms with Gasteiger partial charge < -0.3 is 10.2 Å². The van der Waals surface area contributed by atoms with Crippen molar-refractivity contribution in [2.24, 2.45) is 0 Å². The number of nitrogens with one attached hydrogen (secondary N) is 1. The van der Waals surface area contributed by atoms with E-state index in [9.17, 15) is 18.0 Å². The molecule has 8 heteroatoms. The zero-order chi connectivity index (χ0) is 27.0. The Labute approximate surface area is 222 Å². The zero-order valence-electron chi connectivity index (χ0n) is 22.6. The van der Waals surface area contributed by atoms with Gasteiger partial charge in [0.25, 0.3) is 0 Å². The molecule has 0 heterocycles. The van der Waals surface area contributed by atoms with Crippen LogP contribution in [0.15, 0.2) is 48.5 Å². The molecule has 0 aromatic heterocycles. The van der Waals surface area contributed by atoms with Crippen LogP contribution in [-0.4, -0.2) is 50.0 Å². The third kappa shape index (κ3) is 8.59. The second kappa shape index (κ2) is 13.1. The molecule has 0 radical (unpaired) electrons. The highest BCUT2D eigenvalue weighted by Gasteiger charge is 2.28. The summed E-state index contributed by atoms with van der Waals surface area (Å²) in [5, 5.41) is 3.15. The van der Waals surface area contributed by atoms with Crippen LogP contribution in [-0.2, 0) is 26.2 Å². The molecule has 0 unspecified atom stereocenters. The molecule has 1 aliphatic rings. The number of hydrogen-bond acceptors (Lipinski definition) is 4. The predicted octanol–water partition coefficient (Wildman–Crippen LogP) is 4.72. The summed E-state index contributed by atoms with van der Waals surface area (Å²) in [5.41, 5.74) is 3.70. The van der Waals surface area contributed by atoms with Gasteiger partial charge in [-0.1, -0.05) is 66.8 Å². The summed E-state index contributed by atoms with van der Waals surface area (Å²) >= 11 is 0. The van der Waals surface area contributed by atoms with Gasteiger partial charge in [0.1, 0.15) is 6.04 Å². The molecule has 0 aliphatic heterocycles. The maximum atomic E-state index is 13.4. The maximum absolute atomic E-state index is 13.4. The predicted molar refractivity (Wildman–Crippen MR) is 149 cm³/mol. The number of rotatable bonds is 11. The van der Waals surface area contributed by atoms with E-state index in [1.54, 1.807) is 24.0 Å². The van der Waals surface area contributed by atoms with Gasteiger partial charge in [-0.25, -0.2) is 8.42 Å². The second-order valence-corrected chi connectivity index (χ2v) is 12.2. The smallest absolute Gasteiger partial charge is 0.242 e. The molecule has 3 rings (SSSR count). The van der Waals surface area contributed by atoms with E-state index >= 15 is 0 Å². The van der Waals surface area contributed by atoms with E-state index in [0.29, 0.717) is 18.7 Å². The Morgan fingerprint density at radius 2 is 1.51 bits per heavy atom. The lowest BCUT2D eigenvalue weighted by Gasteiger charge is -2.31. The van der Waals surface area contributed by atoms with Gasteiger partial charge in [0, 0.05) is 25.6 Å². The van der Waals surface area contributed by atoms with Crippen LogP contribution in [0.4, 0.5) is 5.69 Å². The summed E-state index contributed by atoms with van der Waals surface area (Å²) in [4.78, 5) is 28.2. The number of sulfonamides is 1. The molecule has 0 spiro atoms. The Hall–Kier alpha value is -2.87. The lowest BCUT2D eigenvalue weighted by Crippen LogP contribution is -2.50. The standard InChI is InChI=1S/C29H41N3O4S/c1-22-12-16-25(17-13-22)21-31(24(3)29(34)30-26-9-6-5-7-10-26)28(33)11-8-20-32(37(4,35)36)27-18-14-23(2)15-19-27/h12-19,24,26H,5-11,20-21H2,1-4H3,(H,30,34)/t24-/m0/s1. The van der Waals surface area contributed by atoms with Crippen molar-refractivity contribution in [1.82, 2.24) is 10.2 Å². The van der Waals surface area contributed by atoms with Crippen LogP contribution in [0.5, 0.6) is 0 Å². The molecule has 1 fully saturated rings. The highest BCUT2D eigenvalue weighted by Crippen LogP contribution is 2.21. The molecule has 2 amide bonds. The topological polar surface area (TPSA) is 86.8 Å². The fourth-order valence-corrected chi connectivity index (χ4v) is 5.72. The van der Waals surface area contributed by atoms with Gasteiger partial charge in [-0.2, -0.15) is 0 Å². The van der Waals surface area contributed by atoms with Crippen molar-refractivity contribution in [2.45, 2.75) is 84.3 Å². The first-order chi connectivity index (χ1) is 17.5. The minimum atomic E-state index is -3.50. The first-order valence-corrected chi connectivity index (χ1v) is 15.1. The molecule has 1 atom stereocenters. The second-order valence-electron chi connectivity index (χ2n) is 10.3. The molecule has 1 N–H and O–H groups in total. The Morgan fingerprint density at radius 1 is 0.946 bits per heavy atom. The van der Waals surface area contributed by atoms with E-state index in [1.165, 1.54) is 17.0 Å². The van der Waals surface area contributed by atoms with Crippen LogP contribution >= 0.6 is 0 Å². The summed E-state index contributed by atoms with van der Waals surface area (Å²) in [6, 6.07) is 14.8. The number of carbonyl (C=O) groups excluding carboxylic acids is 2. The summed E-state index contributed by atoms with van der Waals surface area (Å²) in [6.45, 7) is 6.25. The lowest BCUT2D eigenvalue weighted by atomic mass is 9.95. The van der Waals surface area contributed by atoms with Crippen LogP contribution in [0.3, 0.4) is 0 Å². The van der Waals surface area contributed by atoms with Crippen molar-refractivity contribution in [1.29, 1.82) is 0 Å². The van der Waals surface area contributed by atoms with Crippen LogP contribution in [0.1, 0.15) is 68.6 Å². The van der Waals surface area contributed by atoms with Gasteiger partial charge in [0.2, 0.25) is 21.8 Å². The van der Waals surface area contributed by atoms with E-state index in [4.69, 9.17) is 0 Å². The number of aryl methyl sites for hydroxylation is 2. The molecule has 0 bridgehead atoms. The van der Waals surface area contributed by atoms with Crippen LogP contribution in [0.25, 0.3) is 0 Å². The van der Waals surface area contributed by atoms with Crippen molar-refractivity contribution in [3.05, 3.63) is 65.2 Å². The summed E-state index contributed by atoms with van der Waals surface area (Å²) in [5.74, 6) is -0.297. The molecule has 1 aliphatic carbocycles. The van der Waals surface area contributed by atoms with Gasteiger partial charge >= 0.3 is 0 Å². The third-order valence-electron chi connectivity index (χ3n) is 7.07. The highest BCUT2D eigenvalue weighted by atomic mass is 32.2. The number of nitrogens with zero attached hydrogens (tertiary/aromatic N) is 2. The van der Waals surface area contributed by atoms with Gasteiger partial charge in [-0.15, -0.1) is 0 Å². The minimum absolute atomic E-state index is 0.134. The van der Waals surface area contributed by atoms with Gasteiger partial charge in [0.05, 0.1) is 11.9 Å². The van der Waals surface area contributed by atoms with Crippen LogP contribution in [0, 0.1) is 13.8 Å². The lowest BCUT2D eigenvalue weighted by molar-refractivity contribution is -0.141. The van der Waals surface area contributed by atoms with E-state index in [1.807, 2.05) is 50.2 Å². The van der Waals surface area contributed by atoms with Gasteiger partial charge in [-0.05, 0) is 57.7 Å².